The quantitative estimate of drug-likeness (QED) is 0.256. The van der Waals surface area contributed by atoms with Gasteiger partial charge in [0.2, 0.25) is 5.91 Å². The van der Waals surface area contributed by atoms with E-state index in [0.717, 1.165) is 22.2 Å². The predicted molar refractivity (Wildman–Crippen MR) is 120 cm³/mol. The number of carbonyl (C=O) groups excluding carboxylic acids is 1. The molecule has 3 aromatic rings. The van der Waals surface area contributed by atoms with Crippen LogP contribution < -0.4 is 5.48 Å². The topological polar surface area (TPSA) is 69.0 Å². The fourth-order valence-electron chi connectivity index (χ4n) is 2.77. The van der Waals surface area contributed by atoms with Crippen LogP contribution in [0.2, 0.25) is 10.0 Å². The van der Waals surface area contributed by atoms with Crippen LogP contribution in [0.4, 0.5) is 0 Å². The van der Waals surface area contributed by atoms with Crippen LogP contribution in [0, 0.1) is 0 Å². The molecule has 1 N–H and O–H groups in total. The molecule has 158 valence electrons. The van der Waals surface area contributed by atoms with E-state index in [1.54, 1.807) is 23.9 Å². The third-order valence-corrected chi connectivity index (χ3v) is 5.93. The number of amides is 1. The Morgan fingerprint density at radius 3 is 2.67 bits per heavy atom. The summed E-state index contributed by atoms with van der Waals surface area (Å²) in [6, 6.07) is 15.5. The van der Waals surface area contributed by atoms with Crippen LogP contribution in [0.3, 0.4) is 0 Å². The van der Waals surface area contributed by atoms with Gasteiger partial charge in [-0.2, -0.15) is 0 Å². The van der Waals surface area contributed by atoms with Crippen LogP contribution in [0.5, 0.6) is 0 Å². The molecule has 0 aliphatic carbocycles. The highest BCUT2D eigenvalue weighted by Gasteiger charge is 2.16. The summed E-state index contributed by atoms with van der Waals surface area (Å²) >= 11 is 13.9. The standard InChI is InChI=1S/C21H22Cl2N4O2S/c1-2-29-26-20(28)9-6-12-30-21-25-24-19(13-15-7-4-3-5-8-15)27(21)16-10-11-17(22)18(23)14-16/h3-5,7-8,10-11,14H,2,6,9,12-13H2,1H3,(H,26,28). The van der Waals surface area contributed by atoms with Gasteiger partial charge < -0.3 is 0 Å². The van der Waals surface area contributed by atoms with E-state index in [0.29, 0.717) is 41.7 Å². The van der Waals surface area contributed by atoms with Crippen molar-refractivity contribution in [3.8, 4) is 5.69 Å². The molecule has 1 heterocycles. The first-order chi connectivity index (χ1) is 14.6. The number of thioether (sulfide) groups is 1. The Hall–Kier alpha value is -2.06. The molecule has 2 aromatic carbocycles. The monoisotopic (exact) mass is 464 g/mol. The number of halogens is 2. The molecule has 0 bridgehead atoms. The van der Waals surface area contributed by atoms with Gasteiger partial charge in [-0.3, -0.25) is 14.2 Å². The van der Waals surface area contributed by atoms with Gasteiger partial charge in [-0.25, -0.2) is 5.48 Å². The lowest BCUT2D eigenvalue weighted by Gasteiger charge is -2.11. The van der Waals surface area contributed by atoms with Crippen LogP contribution in [0.15, 0.2) is 53.7 Å². The summed E-state index contributed by atoms with van der Waals surface area (Å²) in [5.41, 5.74) is 4.38. The van der Waals surface area contributed by atoms with Gasteiger partial charge in [0.05, 0.1) is 22.3 Å². The summed E-state index contributed by atoms with van der Waals surface area (Å²) in [4.78, 5) is 16.6. The number of aromatic nitrogens is 3. The lowest BCUT2D eigenvalue weighted by Crippen LogP contribution is -2.23. The first-order valence-electron chi connectivity index (χ1n) is 9.55. The largest absolute Gasteiger partial charge is 0.274 e. The minimum atomic E-state index is -0.131. The van der Waals surface area contributed by atoms with E-state index in [-0.39, 0.29) is 5.91 Å². The minimum Gasteiger partial charge on any atom is -0.274 e. The predicted octanol–water partition coefficient (Wildman–Crippen LogP) is 5.10. The normalized spacial score (nSPS) is 10.9. The van der Waals surface area contributed by atoms with Crippen molar-refractivity contribution in [3.05, 3.63) is 70.0 Å². The molecule has 0 radical (unpaired) electrons. The van der Waals surface area contributed by atoms with E-state index in [4.69, 9.17) is 28.0 Å². The molecule has 0 unspecified atom stereocenters. The molecule has 6 nitrogen and oxygen atoms in total. The molecule has 1 amide bonds. The molecule has 0 saturated heterocycles. The van der Waals surface area contributed by atoms with E-state index < -0.39 is 0 Å². The molecule has 3 rings (SSSR count). The maximum absolute atomic E-state index is 11.7. The van der Waals surface area contributed by atoms with E-state index in [1.807, 2.05) is 35.8 Å². The molecule has 1 aromatic heterocycles. The average molecular weight is 465 g/mol. The summed E-state index contributed by atoms with van der Waals surface area (Å²) < 4.78 is 1.99. The highest BCUT2D eigenvalue weighted by Crippen LogP contribution is 2.29. The zero-order chi connectivity index (χ0) is 21.3. The zero-order valence-electron chi connectivity index (χ0n) is 16.5. The maximum atomic E-state index is 11.7. The molecule has 30 heavy (non-hydrogen) atoms. The van der Waals surface area contributed by atoms with Crippen molar-refractivity contribution < 1.29 is 9.63 Å². The molecule has 9 heteroatoms. The van der Waals surface area contributed by atoms with E-state index in [1.165, 1.54) is 0 Å². The van der Waals surface area contributed by atoms with Gasteiger partial charge in [0.25, 0.3) is 0 Å². The van der Waals surface area contributed by atoms with Gasteiger partial charge in [0.1, 0.15) is 5.82 Å². The molecule has 0 aliphatic rings. The number of nitrogens with zero attached hydrogens (tertiary/aromatic N) is 3. The van der Waals surface area contributed by atoms with Gasteiger partial charge in [0.15, 0.2) is 5.16 Å². The number of benzene rings is 2. The highest BCUT2D eigenvalue weighted by molar-refractivity contribution is 7.99. The zero-order valence-corrected chi connectivity index (χ0v) is 18.8. The van der Waals surface area contributed by atoms with Crippen molar-refractivity contribution in [2.75, 3.05) is 12.4 Å². The number of nitrogens with one attached hydrogen (secondary N) is 1. The lowest BCUT2D eigenvalue weighted by atomic mass is 10.1. The minimum absolute atomic E-state index is 0.131. The second kappa shape index (κ2) is 11.4. The van der Waals surface area contributed by atoms with Crippen LogP contribution in [0.25, 0.3) is 5.69 Å². The Morgan fingerprint density at radius 2 is 1.93 bits per heavy atom. The number of hydrogen-bond acceptors (Lipinski definition) is 5. The van der Waals surface area contributed by atoms with Crippen LogP contribution in [0.1, 0.15) is 31.2 Å². The number of carbonyl (C=O) groups is 1. The molecule has 0 fully saturated rings. The Morgan fingerprint density at radius 1 is 1.13 bits per heavy atom. The smallest absolute Gasteiger partial charge is 0.243 e. The second-order valence-corrected chi connectivity index (χ2v) is 8.28. The molecule has 0 saturated carbocycles. The summed E-state index contributed by atoms with van der Waals surface area (Å²) in [5, 5.41) is 10.5. The Bertz CT molecular complexity index is 982. The van der Waals surface area contributed by atoms with E-state index >= 15 is 0 Å². The Balaban J connectivity index is 1.77. The summed E-state index contributed by atoms with van der Waals surface area (Å²) in [6.07, 6.45) is 1.70. The summed E-state index contributed by atoms with van der Waals surface area (Å²) in [6.45, 7) is 2.26. The second-order valence-electron chi connectivity index (χ2n) is 6.41. The van der Waals surface area contributed by atoms with Crippen LogP contribution in [-0.2, 0) is 16.1 Å². The van der Waals surface area contributed by atoms with Crippen molar-refractivity contribution in [2.24, 2.45) is 0 Å². The Labute approximate surface area is 189 Å². The maximum Gasteiger partial charge on any atom is 0.243 e. The molecular formula is C21H22Cl2N4O2S. The average Bonchev–Trinajstić information content (AvgIpc) is 3.14. The Kier molecular flexibility index (Phi) is 8.57. The van der Waals surface area contributed by atoms with Crippen LogP contribution in [-0.4, -0.2) is 33.0 Å². The molecular weight excluding hydrogens is 443 g/mol. The van der Waals surface area contributed by atoms with Gasteiger partial charge >= 0.3 is 0 Å². The van der Waals surface area contributed by atoms with Crippen molar-refractivity contribution in [2.45, 2.75) is 31.3 Å². The van der Waals surface area contributed by atoms with E-state index in [9.17, 15) is 4.79 Å². The third kappa shape index (κ3) is 6.22. The summed E-state index contributed by atoms with van der Waals surface area (Å²) in [7, 11) is 0. The first kappa shape index (κ1) is 22.6. The fourth-order valence-corrected chi connectivity index (χ4v) is 3.97. The van der Waals surface area contributed by atoms with Crippen molar-refractivity contribution in [3.63, 3.8) is 0 Å². The van der Waals surface area contributed by atoms with Crippen molar-refractivity contribution in [1.29, 1.82) is 0 Å². The van der Waals surface area contributed by atoms with Crippen molar-refractivity contribution >= 4 is 40.9 Å². The molecule has 0 atom stereocenters. The third-order valence-electron chi connectivity index (χ3n) is 4.18. The number of rotatable bonds is 10. The number of hydrogen-bond donors (Lipinski definition) is 1. The first-order valence-corrected chi connectivity index (χ1v) is 11.3. The summed E-state index contributed by atoms with van der Waals surface area (Å²) in [5.74, 6) is 1.38. The highest BCUT2D eigenvalue weighted by atomic mass is 35.5. The SMILES string of the molecule is CCONC(=O)CCCSc1nnc(Cc2ccccc2)n1-c1ccc(Cl)c(Cl)c1. The number of hydroxylamine groups is 1. The van der Waals surface area contributed by atoms with Gasteiger partial charge in [0, 0.05) is 18.6 Å². The van der Waals surface area contributed by atoms with E-state index in [2.05, 4.69) is 27.8 Å². The van der Waals surface area contributed by atoms with Crippen LogP contribution >= 0.6 is 35.0 Å². The van der Waals surface area contributed by atoms with Gasteiger partial charge in [-0.05, 0) is 37.1 Å². The molecule has 0 aliphatic heterocycles. The van der Waals surface area contributed by atoms with Gasteiger partial charge in [-0.15, -0.1) is 10.2 Å². The van der Waals surface area contributed by atoms with Gasteiger partial charge in [-0.1, -0.05) is 65.3 Å². The molecule has 0 spiro atoms. The van der Waals surface area contributed by atoms with Crippen molar-refractivity contribution in [1.82, 2.24) is 20.2 Å². The fraction of sp³-hybridized carbons (Fsp3) is 0.286. The lowest BCUT2D eigenvalue weighted by molar-refractivity contribution is -0.133.